The van der Waals surface area contributed by atoms with E-state index in [1.165, 1.54) is 39.0 Å². The lowest BCUT2D eigenvalue weighted by molar-refractivity contribution is -0.159. The SMILES string of the molecule is COc1cc(OC)c(OC)cc1CN1CCC(N2CCN(C)CC2)CC1.O=C(O)C(=O)O. The Morgan fingerprint density at radius 1 is 0.844 bits per heavy atom. The first kappa shape index (κ1) is 25.7. The molecule has 0 bridgehead atoms. The van der Waals surface area contributed by atoms with Crippen molar-refractivity contribution < 1.29 is 34.0 Å². The van der Waals surface area contributed by atoms with Crippen LogP contribution in [0.5, 0.6) is 17.2 Å². The number of piperazine rings is 1. The van der Waals surface area contributed by atoms with Crippen molar-refractivity contribution in [3.63, 3.8) is 0 Å². The molecule has 1 aromatic carbocycles. The summed E-state index contributed by atoms with van der Waals surface area (Å²) in [4.78, 5) is 25.8. The van der Waals surface area contributed by atoms with E-state index in [-0.39, 0.29) is 0 Å². The van der Waals surface area contributed by atoms with E-state index in [2.05, 4.69) is 21.7 Å². The fourth-order valence-corrected chi connectivity index (χ4v) is 4.09. The molecule has 2 aliphatic heterocycles. The van der Waals surface area contributed by atoms with Gasteiger partial charge in [0, 0.05) is 50.4 Å². The fourth-order valence-electron chi connectivity index (χ4n) is 4.09. The molecule has 0 aliphatic carbocycles. The zero-order valence-corrected chi connectivity index (χ0v) is 19.4. The van der Waals surface area contributed by atoms with Crippen molar-refractivity contribution in [2.24, 2.45) is 0 Å². The number of carbonyl (C=O) groups is 2. The number of likely N-dealkylation sites (tertiary alicyclic amines) is 1. The highest BCUT2D eigenvalue weighted by molar-refractivity contribution is 6.27. The monoisotopic (exact) mass is 453 g/mol. The van der Waals surface area contributed by atoms with E-state index in [0.29, 0.717) is 5.75 Å². The maximum absolute atomic E-state index is 9.10. The zero-order chi connectivity index (χ0) is 23.7. The van der Waals surface area contributed by atoms with E-state index >= 15 is 0 Å². The summed E-state index contributed by atoms with van der Waals surface area (Å²) < 4.78 is 16.4. The molecule has 0 spiro atoms. The van der Waals surface area contributed by atoms with Crippen molar-refractivity contribution >= 4 is 11.9 Å². The van der Waals surface area contributed by atoms with Crippen LogP contribution in [0.1, 0.15) is 18.4 Å². The number of methoxy groups -OCH3 is 3. The van der Waals surface area contributed by atoms with Gasteiger partial charge in [-0.15, -0.1) is 0 Å². The lowest BCUT2D eigenvalue weighted by Gasteiger charge is -2.42. The van der Waals surface area contributed by atoms with Gasteiger partial charge in [0.25, 0.3) is 0 Å². The number of piperidine rings is 1. The number of hydrogen-bond donors (Lipinski definition) is 2. The maximum atomic E-state index is 9.10. The Balaban J connectivity index is 0.000000534. The third-order valence-corrected chi connectivity index (χ3v) is 5.97. The van der Waals surface area contributed by atoms with Crippen LogP contribution in [0.2, 0.25) is 0 Å². The molecule has 1 aromatic rings. The van der Waals surface area contributed by atoms with Gasteiger partial charge in [0.1, 0.15) is 5.75 Å². The van der Waals surface area contributed by atoms with E-state index in [9.17, 15) is 0 Å². The fraction of sp³-hybridized carbons (Fsp3) is 0.636. The topological polar surface area (TPSA) is 112 Å². The summed E-state index contributed by atoms with van der Waals surface area (Å²) in [6.07, 6.45) is 2.50. The summed E-state index contributed by atoms with van der Waals surface area (Å²) in [6.45, 7) is 7.98. The second kappa shape index (κ2) is 12.5. The number of rotatable bonds is 6. The van der Waals surface area contributed by atoms with Crippen LogP contribution in [0, 0.1) is 0 Å². The Bertz CT molecular complexity index is 746. The molecule has 180 valence electrons. The van der Waals surface area contributed by atoms with E-state index in [0.717, 1.165) is 42.7 Å². The van der Waals surface area contributed by atoms with Gasteiger partial charge in [-0.2, -0.15) is 0 Å². The van der Waals surface area contributed by atoms with Gasteiger partial charge in [-0.1, -0.05) is 0 Å². The Morgan fingerprint density at radius 2 is 1.34 bits per heavy atom. The summed E-state index contributed by atoms with van der Waals surface area (Å²) in [6, 6.07) is 4.71. The highest BCUT2D eigenvalue weighted by Crippen LogP contribution is 2.35. The Kier molecular flexibility index (Phi) is 10.0. The van der Waals surface area contributed by atoms with E-state index in [1.54, 1.807) is 21.3 Å². The number of benzene rings is 1. The minimum atomic E-state index is -1.82. The third-order valence-electron chi connectivity index (χ3n) is 5.97. The van der Waals surface area contributed by atoms with Gasteiger partial charge in [-0.3, -0.25) is 9.80 Å². The molecule has 10 heteroatoms. The molecule has 10 nitrogen and oxygen atoms in total. The van der Waals surface area contributed by atoms with Crippen LogP contribution in [0.3, 0.4) is 0 Å². The highest BCUT2D eigenvalue weighted by atomic mass is 16.5. The van der Waals surface area contributed by atoms with Gasteiger partial charge in [0.2, 0.25) is 0 Å². The summed E-state index contributed by atoms with van der Waals surface area (Å²) in [5, 5.41) is 14.8. The summed E-state index contributed by atoms with van der Waals surface area (Å²) in [5.41, 5.74) is 1.16. The summed E-state index contributed by atoms with van der Waals surface area (Å²) in [7, 11) is 7.26. The van der Waals surface area contributed by atoms with Gasteiger partial charge in [0.15, 0.2) is 11.5 Å². The molecule has 2 heterocycles. The highest BCUT2D eigenvalue weighted by Gasteiger charge is 2.27. The lowest BCUT2D eigenvalue weighted by Crippen LogP contribution is -2.52. The second-order valence-corrected chi connectivity index (χ2v) is 7.98. The number of carboxylic acids is 2. The molecular weight excluding hydrogens is 418 g/mol. The lowest BCUT2D eigenvalue weighted by atomic mass is 10.0. The molecule has 2 saturated heterocycles. The van der Waals surface area contributed by atoms with Crippen molar-refractivity contribution in [3.05, 3.63) is 17.7 Å². The minimum Gasteiger partial charge on any atom is -0.496 e. The van der Waals surface area contributed by atoms with Crippen LogP contribution >= 0.6 is 0 Å². The van der Waals surface area contributed by atoms with Crippen molar-refractivity contribution in [1.29, 1.82) is 0 Å². The van der Waals surface area contributed by atoms with Crippen LogP contribution in [-0.4, -0.2) is 111 Å². The van der Waals surface area contributed by atoms with Crippen LogP contribution in [0.15, 0.2) is 12.1 Å². The van der Waals surface area contributed by atoms with Crippen LogP contribution in [0.4, 0.5) is 0 Å². The number of likely N-dealkylation sites (N-methyl/N-ethyl adjacent to an activating group) is 1. The third kappa shape index (κ3) is 7.25. The average molecular weight is 454 g/mol. The quantitative estimate of drug-likeness (QED) is 0.607. The van der Waals surface area contributed by atoms with Crippen molar-refractivity contribution in [3.8, 4) is 17.2 Å². The van der Waals surface area contributed by atoms with Crippen LogP contribution in [-0.2, 0) is 16.1 Å². The molecule has 32 heavy (non-hydrogen) atoms. The zero-order valence-electron chi connectivity index (χ0n) is 19.4. The molecule has 2 aliphatic rings. The number of carboxylic acid groups (broad SMARTS) is 2. The van der Waals surface area contributed by atoms with E-state index < -0.39 is 11.9 Å². The summed E-state index contributed by atoms with van der Waals surface area (Å²) >= 11 is 0. The van der Waals surface area contributed by atoms with Gasteiger partial charge < -0.3 is 29.3 Å². The Hall–Kier alpha value is -2.56. The van der Waals surface area contributed by atoms with Crippen LogP contribution < -0.4 is 14.2 Å². The first-order chi connectivity index (χ1) is 15.3. The molecular formula is C22H35N3O7. The smallest absolute Gasteiger partial charge is 0.414 e. The molecule has 0 amide bonds. The predicted octanol–water partition coefficient (Wildman–Crippen LogP) is 1.08. The van der Waals surface area contributed by atoms with Gasteiger partial charge in [-0.25, -0.2) is 9.59 Å². The van der Waals surface area contributed by atoms with Gasteiger partial charge in [0.05, 0.1) is 21.3 Å². The van der Waals surface area contributed by atoms with Crippen molar-refractivity contribution in [2.75, 3.05) is 67.6 Å². The molecule has 0 saturated carbocycles. The van der Waals surface area contributed by atoms with Crippen molar-refractivity contribution in [1.82, 2.24) is 14.7 Å². The molecule has 2 fully saturated rings. The minimum absolute atomic E-state index is 0.710. The number of ether oxygens (including phenoxy) is 3. The molecule has 0 unspecified atom stereocenters. The van der Waals surface area contributed by atoms with E-state index in [1.807, 2.05) is 12.1 Å². The Labute approximate surface area is 189 Å². The molecule has 0 aromatic heterocycles. The Morgan fingerprint density at radius 3 is 1.81 bits per heavy atom. The first-order valence-corrected chi connectivity index (χ1v) is 10.7. The van der Waals surface area contributed by atoms with Crippen LogP contribution in [0.25, 0.3) is 0 Å². The van der Waals surface area contributed by atoms with E-state index in [4.69, 9.17) is 34.0 Å². The van der Waals surface area contributed by atoms with Gasteiger partial charge in [-0.05, 0) is 39.0 Å². The number of aliphatic carboxylic acids is 2. The largest absolute Gasteiger partial charge is 0.496 e. The standard InChI is InChI=1S/C20H33N3O3.C2H2O4/c1-21-9-11-23(12-10-21)17-5-7-22(8-6-17)15-16-13-19(25-3)20(26-4)14-18(16)24-2;3-1(4)2(5)6/h13-14,17H,5-12,15H2,1-4H3;(H,3,4)(H,5,6). The summed E-state index contributed by atoms with van der Waals surface area (Å²) in [5.74, 6) is -1.31. The molecule has 0 atom stereocenters. The van der Waals surface area contributed by atoms with Crippen molar-refractivity contribution in [2.45, 2.75) is 25.4 Å². The maximum Gasteiger partial charge on any atom is 0.414 e. The molecule has 2 N–H and O–H groups in total. The van der Waals surface area contributed by atoms with Gasteiger partial charge >= 0.3 is 11.9 Å². The number of nitrogens with zero attached hydrogens (tertiary/aromatic N) is 3. The average Bonchev–Trinajstić information content (AvgIpc) is 2.80. The normalized spacial score (nSPS) is 18.4. The predicted molar refractivity (Wildman–Crippen MR) is 119 cm³/mol. The first-order valence-electron chi connectivity index (χ1n) is 10.7. The molecule has 3 rings (SSSR count). The molecule has 0 radical (unpaired) electrons. The number of hydrogen-bond acceptors (Lipinski definition) is 8. The second-order valence-electron chi connectivity index (χ2n) is 7.98.